The molecule has 1 amide bonds. The Hall–Kier alpha value is -2.31. The maximum Gasteiger partial charge on any atom is 0.407 e. The summed E-state index contributed by atoms with van der Waals surface area (Å²) in [6.07, 6.45) is 3.73. The summed E-state index contributed by atoms with van der Waals surface area (Å²) in [4.78, 5) is 21.0. The van der Waals surface area contributed by atoms with Crippen LogP contribution in [0.5, 0.6) is 5.75 Å². The molecule has 0 saturated heterocycles. The third-order valence-corrected chi connectivity index (χ3v) is 2.24. The van der Waals surface area contributed by atoms with E-state index in [9.17, 15) is 9.90 Å². The van der Waals surface area contributed by atoms with Crippen molar-refractivity contribution < 1.29 is 15.0 Å². The third-order valence-electron chi connectivity index (χ3n) is 2.24. The minimum absolute atomic E-state index is 0.0931. The predicted molar refractivity (Wildman–Crippen MR) is 78.7 cm³/mol. The summed E-state index contributed by atoms with van der Waals surface area (Å²) in [5.74, 6) is 0.0931. The van der Waals surface area contributed by atoms with Gasteiger partial charge in [0.15, 0.2) is 5.75 Å². The minimum atomic E-state index is -0.838. The molecule has 0 radical (unpaired) electrons. The van der Waals surface area contributed by atoms with Crippen LogP contribution in [0.1, 0.15) is 13.8 Å². The van der Waals surface area contributed by atoms with Crippen LogP contribution in [-0.4, -0.2) is 64.6 Å². The molecule has 20 heavy (non-hydrogen) atoms. The van der Waals surface area contributed by atoms with Crippen molar-refractivity contribution in [1.29, 1.82) is 0 Å². The van der Waals surface area contributed by atoms with Crippen LogP contribution in [0.25, 0.3) is 0 Å². The normalized spacial score (nSPS) is 9.80. The fourth-order valence-corrected chi connectivity index (χ4v) is 1.16. The minimum Gasteiger partial charge on any atom is -0.504 e. The van der Waals surface area contributed by atoms with E-state index in [-0.39, 0.29) is 5.75 Å². The van der Waals surface area contributed by atoms with Crippen molar-refractivity contribution in [3.05, 3.63) is 18.5 Å². The first kappa shape index (κ1) is 17.7. The van der Waals surface area contributed by atoms with Crippen LogP contribution >= 0.6 is 0 Å². The van der Waals surface area contributed by atoms with Crippen molar-refractivity contribution in [3.63, 3.8) is 0 Å². The lowest BCUT2D eigenvalue weighted by atomic mass is 10.4. The second kappa shape index (κ2) is 9.60. The van der Waals surface area contributed by atoms with Gasteiger partial charge in [0.05, 0.1) is 12.5 Å². The number of carboxylic acid groups (broad SMARTS) is 1. The monoisotopic (exact) mass is 282 g/mol. The number of rotatable bonds is 4. The molecule has 1 aromatic heterocycles. The van der Waals surface area contributed by atoms with Gasteiger partial charge in [-0.2, -0.15) is 0 Å². The predicted octanol–water partition coefficient (Wildman–Crippen LogP) is 2.01. The van der Waals surface area contributed by atoms with Gasteiger partial charge in [-0.1, -0.05) is 0 Å². The van der Waals surface area contributed by atoms with Crippen LogP contribution in [0, 0.1) is 0 Å². The van der Waals surface area contributed by atoms with Crippen molar-refractivity contribution in [2.75, 3.05) is 27.2 Å². The van der Waals surface area contributed by atoms with Gasteiger partial charge in [-0.25, -0.2) is 9.79 Å². The Morgan fingerprint density at radius 1 is 1.40 bits per heavy atom. The molecule has 0 saturated carbocycles. The number of aromatic nitrogens is 1. The van der Waals surface area contributed by atoms with Crippen LogP contribution in [0.15, 0.2) is 23.5 Å². The topological polar surface area (TPSA) is 89.3 Å². The van der Waals surface area contributed by atoms with Gasteiger partial charge >= 0.3 is 6.09 Å². The molecule has 1 rings (SSSR count). The molecule has 2 N–H and O–H groups in total. The Labute approximate surface area is 119 Å². The van der Waals surface area contributed by atoms with E-state index >= 15 is 0 Å². The highest BCUT2D eigenvalue weighted by molar-refractivity contribution is 5.64. The van der Waals surface area contributed by atoms with E-state index in [2.05, 4.69) is 9.98 Å². The molecule has 0 atom stereocenters. The molecule has 0 aliphatic carbocycles. The van der Waals surface area contributed by atoms with E-state index in [0.29, 0.717) is 18.8 Å². The average Bonchev–Trinajstić information content (AvgIpc) is 2.39. The van der Waals surface area contributed by atoms with Crippen molar-refractivity contribution >= 4 is 18.1 Å². The summed E-state index contributed by atoms with van der Waals surface area (Å²) >= 11 is 0. The van der Waals surface area contributed by atoms with Crippen molar-refractivity contribution in [2.24, 2.45) is 4.99 Å². The molecule has 0 spiro atoms. The molecule has 0 aliphatic rings. The molecule has 1 aromatic rings. The second-order valence-corrected chi connectivity index (χ2v) is 4.03. The molecule has 0 aromatic carbocycles. The van der Waals surface area contributed by atoms with Crippen LogP contribution in [0.4, 0.5) is 10.5 Å². The highest BCUT2D eigenvalue weighted by atomic mass is 16.4. The first-order valence-corrected chi connectivity index (χ1v) is 6.23. The number of carbonyl (C=O) groups is 1. The number of nitrogens with zero attached hydrogens (tertiary/aromatic N) is 4. The van der Waals surface area contributed by atoms with Gasteiger partial charge in [-0.3, -0.25) is 4.98 Å². The van der Waals surface area contributed by atoms with Crippen LogP contribution in [0.3, 0.4) is 0 Å². The Morgan fingerprint density at radius 2 is 2.00 bits per heavy atom. The van der Waals surface area contributed by atoms with E-state index in [1.807, 2.05) is 27.9 Å². The SMILES string of the molecule is CCN(CC)C(=O)O.CN(C)/C=N/c1ccncc1O. The molecule has 0 bridgehead atoms. The molecular weight excluding hydrogens is 260 g/mol. The first-order chi connectivity index (χ1) is 9.42. The van der Waals surface area contributed by atoms with Crippen LogP contribution < -0.4 is 0 Å². The van der Waals surface area contributed by atoms with Gasteiger partial charge in [-0.05, 0) is 19.9 Å². The van der Waals surface area contributed by atoms with Crippen LogP contribution in [0.2, 0.25) is 0 Å². The van der Waals surface area contributed by atoms with Crippen molar-refractivity contribution in [1.82, 2.24) is 14.8 Å². The number of amides is 1. The van der Waals surface area contributed by atoms with Gasteiger partial charge in [0.25, 0.3) is 0 Å². The van der Waals surface area contributed by atoms with E-state index in [4.69, 9.17) is 5.11 Å². The summed E-state index contributed by atoms with van der Waals surface area (Å²) in [6, 6.07) is 1.65. The number of pyridine rings is 1. The summed E-state index contributed by atoms with van der Waals surface area (Å²) in [5, 5.41) is 17.5. The summed E-state index contributed by atoms with van der Waals surface area (Å²) in [5.41, 5.74) is 0.527. The molecule has 0 fully saturated rings. The number of hydrogen-bond acceptors (Lipinski definition) is 4. The van der Waals surface area contributed by atoms with E-state index in [1.165, 1.54) is 11.1 Å². The number of aromatic hydroxyl groups is 1. The maximum absolute atomic E-state index is 10.1. The first-order valence-electron chi connectivity index (χ1n) is 6.23. The highest BCUT2D eigenvalue weighted by Crippen LogP contribution is 2.22. The molecule has 1 heterocycles. The van der Waals surface area contributed by atoms with Crippen molar-refractivity contribution in [3.8, 4) is 5.75 Å². The quantitative estimate of drug-likeness (QED) is 0.651. The lowest BCUT2D eigenvalue weighted by molar-refractivity contribution is 0.150. The van der Waals surface area contributed by atoms with Gasteiger partial charge in [0.2, 0.25) is 0 Å². The highest BCUT2D eigenvalue weighted by Gasteiger charge is 2.03. The van der Waals surface area contributed by atoms with E-state index in [0.717, 1.165) is 0 Å². The van der Waals surface area contributed by atoms with Gasteiger partial charge in [-0.15, -0.1) is 0 Å². The summed E-state index contributed by atoms with van der Waals surface area (Å²) in [6.45, 7) is 4.78. The zero-order valence-corrected chi connectivity index (χ0v) is 12.3. The molecule has 7 nitrogen and oxygen atoms in total. The number of aliphatic imine (C=N–C) groups is 1. The molecular formula is C13H22N4O3. The van der Waals surface area contributed by atoms with E-state index < -0.39 is 6.09 Å². The number of hydrogen-bond donors (Lipinski definition) is 2. The van der Waals surface area contributed by atoms with Crippen LogP contribution in [-0.2, 0) is 0 Å². The van der Waals surface area contributed by atoms with Gasteiger partial charge in [0, 0.05) is 33.4 Å². The Kier molecular flexibility index (Phi) is 8.49. The summed E-state index contributed by atoms with van der Waals surface area (Å²) < 4.78 is 0. The standard InChI is InChI=1S/C8H11N3O.C5H11NO2/c1-11(2)6-10-7-3-4-9-5-8(7)12;1-3-6(4-2)5(7)8/h3-6,12H,1-2H3;3-4H2,1-2H3,(H,7,8)/b10-6+;. The van der Waals surface area contributed by atoms with Gasteiger partial charge < -0.3 is 20.0 Å². The van der Waals surface area contributed by atoms with Crippen molar-refractivity contribution in [2.45, 2.75) is 13.8 Å². The lowest BCUT2D eigenvalue weighted by Gasteiger charge is -2.12. The Balaban J connectivity index is 0.000000396. The van der Waals surface area contributed by atoms with E-state index in [1.54, 1.807) is 23.5 Å². The lowest BCUT2D eigenvalue weighted by Crippen LogP contribution is -2.28. The largest absolute Gasteiger partial charge is 0.504 e. The molecule has 0 aliphatic heterocycles. The second-order valence-electron chi connectivity index (χ2n) is 4.03. The fraction of sp³-hybridized carbons (Fsp3) is 0.462. The molecule has 0 unspecified atom stereocenters. The fourth-order valence-electron chi connectivity index (χ4n) is 1.16. The Morgan fingerprint density at radius 3 is 2.35 bits per heavy atom. The zero-order chi connectivity index (χ0) is 15.5. The molecule has 112 valence electrons. The molecule has 7 heteroatoms. The van der Waals surface area contributed by atoms with Gasteiger partial charge in [0.1, 0.15) is 5.69 Å². The Bertz CT molecular complexity index is 431. The average molecular weight is 282 g/mol. The third kappa shape index (κ3) is 7.20. The maximum atomic E-state index is 10.1. The zero-order valence-electron chi connectivity index (χ0n) is 12.3. The summed E-state index contributed by atoms with van der Waals surface area (Å²) in [7, 11) is 3.73. The smallest absolute Gasteiger partial charge is 0.407 e.